The molecule has 0 aromatic heterocycles. The van der Waals surface area contributed by atoms with E-state index >= 15 is 0 Å². The van der Waals surface area contributed by atoms with E-state index in [-0.39, 0.29) is 25.7 Å². The van der Waals surface area contributed by atoms with Gasteiger partial charge in [0.25, 0.3) is 0 Å². The molecule has 17 nitrogen and oxygen atoms in total. The van der Waals surface area contributed by atoms with E-state index < -0.39 is 97.5 Å². The first-order valence-electron chi connectivity index (χ1n) is 35.6. The maximum atomic E-state index is 13.0. The van der Waals surface area contributed by atoms with Gasteiger partial charge in [-0.1, -0.05) is 298 Å². The number of aliphatic hydroxyl groups is 1. The highest BCUT2D eigenvalue weighted by atomic mass is 31.2. The molecule has 0 aliphatic rings. The molecule has 0 spiro atoms. The number of ether oxygens (including phenoxy) is 4. The van der Waals surface area contributed by atoms with Gasteiger partial charge < -0.3 is 33.8 Å². The Bertz CT molecular complexity index is 1690. The van der Waals surface area contributed by atoms with Crippen molar-refractivity contribution in [1.29, 1.82) is 0 Å². The van der Waals surface area contributed by atoms with Crippen LogP contribution in [0.1, 0.15) is 349 Å². The number of phosphoric acid groups is 2. The SMILES string of the molecule is CCCCCCCCCCCCCCC(=O)OC[C@H](COP(=O)(O)OC[C@@H](O)COP(=O)(O)OC[C@@H](COC(=O)CCCCCCCCCC)OC(=O)CCCCCCCCCCCC)OC(=O)CCCCCCCCCCCCCCCCC(C)C. The van der Waals surface area contributed by atoms with Gasteiger partial charge in [0.05, 0.1) is 26.4 Å². The highest BCUT2D eigenvalue weighted by Gasteiger charge is 2.30. The van der Waals surface area contributed by atoms with Crippen LogP contribution in [0.25, 0.3) is 0 Å². The molecule has 0 rings (SSSR count). The van der Waals surface area contributed by atoms with Gasteiger partial charge in [0.1, 0.15) is 19.3 Å². The molecule has 19 heteroatoms. The van der Waals surface area contributed by atoms with Gasteiger partial charge in [-0.3, -0.25) is 37.3 Å². The topological polar surface area (TPSA) is 237 Å². The van der Waals surface area contributed by atoms with Crippen molar-refractivity contribution in [3.05, 3.63) is 0 Å². The fraction of sp³-hybridized carbons (Fsp3) is 0.941. The Morgan fingerprint density at radius 2 is 0.529 bits per heavy atom. The van der Waals surface area contributed by atoms with E-state index in [1.54, 1.807) is 0 Å². The fourth-order valence-corrected chi connectivity index (χ4v) is 11.9. The molecule has 0 radical (unpaired) electrons. The molecule has 0 aromatic rings. The smallest absolute Gasteiger partial charge is 0.462 e. The van der Waals surface area contributed by atoms with Crippen molar-refractivity contribution < 1.29 is 80.2 Å². The molecular formula is C68H132O17P2. The highest BCUT2D eigenvalue weighted by molar-refractivity contribution is 7.47. The quantitative estimate of drug-likeness (QED) is 0.0222. The molecule has 0 aliphatic heterocycles. The van der Waals surface area contributed by atoms with Crippen LogP contribution in [0.3, 0.4) is 0 Å². The first-order valence-corrected chi connectivity index (χ1v) is 38.6. The van der Waals surface area contributed by atoms with E-state index in [1.165, 1.54) is 167 Å². The second-order valence-corrected chi connectivity index (χ2v) is 27.9. The lowest BCUT2D eigenvalue weighted by atomic mass is 10.0. The molecular weight excluding hydrogens is 1150 g/mol. The van der Waals surface area contributed by atoms with Crippen LogP contribution >= 0.6 is 15.6 Å². The van der Waals surface area contributed by atoms with Crippen molar-refractivity contribution in [2.24, 2.45) is 5.92 Å². The van der Waals surface area contributed by atoms with E-state index in [9.17, 15) is 43.2 Å². The van der Waals surface area contributed by atoms with Gasteiger partial charge in [-0.15, -0.1) is 0 Å². The minimum absolute atomic E-state index is 0.106. The van der Waals surface area contributed by atoms with Crippen LogP contribution < -0.4 is 0 Å². The molecule has 2 unspecified atom stereocenters. The van der Waals surface area contributed by atoms with Crippen molar-refractivity contribution in [3.63, 3.8) is 0 Å². The summed E-state index contributed by atoms with van der Waals surface area (Å²) in [7, 11) is -9.89. The third kappa shape index (κ3) is 62.6. The van der Waals surface area contributed by atoms with Crippen molar-refractivity contribution >= 4 is 39.5 Å². The molecule has 0 saturated heterocycles. The Morgan fingerprint density at radius 3 is 0.782 bits per heavy atom. The minimum Gasteiger partial charge on any atom is -0.462 e. The number of rotatable bonds is 68. The molecule has 0 bridgehead atoms. The van der Waals surface area contributed by atoms with Crippen LogP contribution in [-0.4, -0.2) is 96.7 Å². The monoisotopic (exact) mass is 1280 g/mol. The Labute approximate surface area is 530 Å². The molecule has 3 N–H and O–H groups in total. The largest absolute Gasteiger partial charge is 0.472 e. The average molecular weight is 1280 g/mol. The third-order valence-electron chi connectivity index (χ3n) is 15.8. The summed E-state index contributed by atoms with van der Waals surface area (Å²) in [5, 5.41) is 10.6. The van der Waals surface area contributed by atoms with Crippen LogP contribution in [0.5, 0.6) is 0 Å². The lowest BCUT2D eigenvalue weighted by Crippen LogP contribution is -2.30. The predicted octanol–water partition coefficient (Wildman–Crippen LogP) is 19.4. The lowest BCUT2D eigenvalue weighted by molar-refractivity contribution is -0.161. The predicted molar refractivity (Wildman–Crippen MR) is 349 cm³/mol. The Morgan fingerprint density at radius 1 is 0.310 bits per heavy atom. The second-order valence-electron chi connectivity index (χ2n) is 25.0. The van der Waals surface area contributed by atoms with Gasteiger partial charge in [0.15, 0.2) is 12.2 Å². The van der Waals surface area contributed by atoms with Crippen LogP contribution in [-0.2, 0) is 65.4 Å². The van der Waals surface area contributed by atoms with Gasteiger partial charge >= 0.3 is 39.5 Å². The second kappa shape index (κ2) is 61.6. The Hall–Kier alpha value is -1.94. The van der Waals surface area contributed by atoms with Gasteiger partial charge in [-0.2, -0.15) is 0 Å². The minimum atomic E-state index is -4.95. The number of carbonyl (C=O) groups is 4. The zero-order valence-electron chi connectivity index (χ0n) is 56.2. The van der Waals surface area contributed by atoms with Crippen LogP contribution in [0.15, 0.2) is 0 Å². The summed E-state index contributed by atoms with van der Waals surface area (Å²) in [4.78, 5) is 72.3. The number of unbranched alkanes of at least 4 members (excludes halogenated alkanes) is 40. The number of aliphatic hydroxyl groups excluding tert-OH is 1. The zero-order valence-corrected chi connectivity index (χ0v) is 57.9. The average Bonchev–Trinajstić information content (AvgIpc) is 3.69. The first-order chi connectivity index (χ1) is 42.0. The van der Waals surface area contributed by atoms with E-state index in [0.717, 1.165) is 102 Å². The standard InChI is InChI=1S/C68H132O17P2/c1-6-9-12-15-18-21-23-29-33-37-42-47-52-66(71)79-58-64(85-68(73)54-49-44-39-34-30-27-25-24-26-28-31-35-40-45-50-61(4)5)60-83-87(76,77)81-56-62(69)55-80-86(74,75)82-59-63(57-78-65(70)51-46-41-36-20-17-14-11-8-3)84-67(72)53-48-43-38-32-22-19-16-13-10-7-2/h61-64,69H,6-60H2,1-5H3,(H,74,75)(H,76,77)/t62-,63+,64+/m0/s1. The lowest BCUT2D eigenvalue weighted by Gasteiger charge is -2.21. The highest BCUT2D eigenvalue weighted by Crippen LogP contribution is 2.45. The first kappa shape index (κ1) is 85.1. The summed E-state index contributed by atoms with van der Waals surface area (Å²) >= 11 is 0. The van der Waals surface area contributed by atoms with E-state index in [0.29, 0.717) is 25.7 Å². The van der Waals surface area contributed by atoms with Gasteiger partial charge in [0, 0.05) is 25.7 Å². The van der Waals surface area contributed by atoms with E-state index in [4.69, 9.17) is 37.0 Å². The normalized spacial score (nSPS) is 14.1. The molecule has 516 valence electrons. The Kier molecular flexibility index (Phi) is 60.2. The molecule has 87 heavy (non-hydrogen) atoms. The number of hydrogen-bond acceptors (Lipinski definition) is 15. The molecule has 0 heterocycles. The molecule has 0 aromatic carbocycles. The molecule has 0 saturated carbocycles. The summed E-state index contributed by atoms with van der Waals surface area (Å²) in [6.07, 6.45) is 47.1. The van der Waals surface area contributed by atoms with Crippen molar-refractivity contribution in [1.82, 2.24) is 0 Å². The Balaban J connectivity index is 5.20. The van der Waals surface area contributed by atoms with Gasteiger partial charge in [0.2, 0.25) is 0 Å². The maximum absolute atomic E-state index is 13.0. The summed E-state index contributed by atoms with van der Waals surface area (Å²) in [5.41, 5.74) is 0. The maximum Gasteiger partial charge on any atom is 0.472 e. The summed E-state index contributed by atoms with van der Waals surface area (Å²) in [5.74, 6) is -1.33. The van der Waals surface area contributed by atoms with E-state index in [2.05, 4.69) is 34.6 Å². The molecule has 0 fully saturated rings. The fourth-order valence-electron chi connectivity index (χ4n) is 10.3. The van der Waals surface area contributed by atoms with Crippen LogP contribution in [0.4, 0.5) is 0 Å². The summed E-state index contributed by atoms with van der Waals surface area (Å²) in [6, 6.07) is 0. The third-order valence-corrected chi connectivity index (χ3v) is 17.7. The van der Waals surface area contributed by atoms with Gasteiger partial charge in [-0.25, -0.2) is 9.13 Å². The van der Waals surface area contributed by atoms with Crippen molar-refractivity contribution in [2.45, 2.75) is 368 Å². The van der Waals surface area contributed by atoms with E-state index in [1.807, 2.05) is 0 Å². The van der Waals surface area contributed by atoms with Crippen molar-refractivity contribution in [3.8, 4) is 0 Å². The molecule has 5 atom stereocenters. The number of hydrogen-bond donors (Lipinski definition) is 3. The van der Waals surface area contributed by atoms with Crippen molar-refractivity contribution in [2.75, 3.05) is 39.6 Å². The van der Waals surface area contributed by atoms with Crippen LogP contribution in [0, 0.1) is 5.92 Å². The number of phosphoric ester groups is 2. The zero-order chi connectivity index (χ0) is 64.2. The van der Waals surface area contributed by atoms with Gasteiger partial charge in [-0.05, 0) is 31.6 Å². The number of esters is 4. The van der Waals surface area contributed by atoms with Crippen LogP contribution in [0.2, 0.25) is 0 Å². The summed E-state index contributed by atoms with van der Waals surface area (Å²) < 4.78 is 68.1. The molecule has 0 aliphatic carbocycles. The number of carbonyl (C=O) groups excluding carboxylic acids is 4. The summed E-state index contributed by atoms with van der Waals surface area (Å²) in [6.45, 7) is 7.22. The molecule has 0 amide bonds.